The molecular weight excluding hydrogens is 254 g/mol. The Balaban J connectivity index is 2.65. The lowest BCUT2D eigenvalue weighted by molar-refractivity contribution is 0.0488. The molecule has 4 heteroatoms. The number of ether oxygens (including phenoxy) is 2. The second-order valence-corrected chi connectivity index (χ2v) is 5.60. The first-order valence-corrected chi connectivity index (χ1v) is 7.04. The molecule has 0 saturated carbocycles. The molecule has 1 aromatic rings. The number of amides is 1. The lowest BCUT2D eigenvalue weighted by atomic mass is 10.0. The van der Waals surface area contributed by atoms with E-state index in [1.54, 1.807) is 0 Å². The van der Waals surface area contributed by atoms with E-state index in [2.05, 4.69) is 5.32 Å². The van der Waals surface area contributed by atoms with Crippen molar-refractivity contribution in [2.24, 2.45) is 0 Å². The summed E-state index contributed by atoms with van der Waals surface area (Å²) >= 11 is 0. The van der Waals surface area contributed by atoms with Gasteiger partial charge in [0.05, 0.1) is 6.04 Å². The maximum absolute atomic E-state index is 11.9. The molecule has 20 heavy (non-hydrogen) atoms. The number of rotatable bonds is 6. The van der Waals surface area contributed by atoms with Gasteiger partial charge in [-0.15, -0.1) is 0 Å². The maximum Gasteiger partial charge on any atom is 0.408 e. The van der Waals surface area contributed by atoms with Crippen LogP contribution in [0.3, 0.4) is 0 Å². The van der Waals surface area contributed by atoms with Gasteiger partial charge in [-0.25, -0.2) is 4.79 Å². The topological polar surface area (TPSA) is 47.6 Å². The molecule has 0 fully saturated rings. The minimum Gasteiger partial charge on any atom is -0.444 e. The van der Waals surface area contributed by atoms with Gasteiger partial charge in [0.25, 0.3) is 0 Å². The highest BCUT2D eigenvalue weighted by Gasteiger charge is 2.20. The summed E-state index contributed by atoms with van der Waals surface area (Å²) in [6.07, 6.45) is 0.319. The van der Waals surface area contributed by atoms with Crippen LogP contribution in [0.5, 0.6) is 0 Å². The second kappa shape index (κ2) is 7.90. The third-order valence-corrected chi connectivity index (χ3v) is 2.65. The maximum atomic E-state index is 11.9. The van der Waals surface area contributed by atoms with Gasteiger partial charge in [-0.1, -0.05) is 30.3 Å². The molecule has 0 bridgehead atoms. The quantitative estimate of drug-likeness (QED) is 0.808. The van der Waals surface area contributed by atoms with Crippen LogP contribution < -0.4 is 5.32 Å². The van der Waals surface area contributed by atoms with Crippen molar-refractivity contribution in [1.29, 1.82) is 0 Å². The van der Waals surface area contributed by atoms with E-state index in [0.29, 0.717) is 13.2 Å². The van der Waals surface area contributed by atoms with Gasteiger partial charge in [0.1, 0.15) is 5.60 Å². The van der Waals surface area contributed by atoms with Crippen LogP contribution in [0.15, 0.2) is 30.3 Å². The molecule has 0 aliphatic carbocycles. The molecule has 0 radical (unpaired) electrons. The van der Waals surface area contributed by atoms with E-state index in [4.69, 9.17) is 9.47 Å². The Morgan fingerprint density at radius 1 is 1.25 bits per heavy atom. The van der Waals surface area contributed by atoms with Crippen LogP contribution in [0.2, 0.25) is 0 Å². The standard InChI is InChI=1S/C16H25NO3/c1-5-19-12-11-14(13-9-7-6-8-10-13)17-15(18)20-16(2,3)4/h6-10,14H,5,11-12H2,1-4H3,(H,17,18)/t14-/m0/s1. The van der Waals surface area contributed by atoms with E-state index >= 15 is 0 Å². The molecule has 1 rings (SSSR count). The zero-order chi connectivity index (χ0) is 15.0. The second-order valence-electron chi connectivity index (χ2n) is 5.60. The molecule has 1 atom stereocenters. The van der Waals surface area contributed by atoms with E-state index in [-0.39, 0.29) is 6.04 Å². The van der Waals surface area contributed by atoms with Crippen molar-refractivity contribution in [3.8, 4) is 0 Å². The fraction of sp³-hybridized carbons (Fsp3) is 0.562. The van der Waals surface area contributed by atoms with Crippen molar-refractivity contribution >= 4 is 6.09 Å². The fourth-order valence-electron chi connectivity index (χ4n) is 1.80. The smallest absolute Gasteiger partial charge is 0.408 e. The first kappa shape index (κ1) is 16.5. The predicted octanol–water partition coefficient (Wildman–Crippen LogP) is 3.68. The molecule has 0 saturated heterocycles. The first-order chi connectivity index (χ1) is 9.42. The zero-order valence-corrected chi connectivity index (χ0v) is 12.8. The van der Waals surface area contributed by atoms with Crippen molar-refractivity contribution < 1.29 is 14.3 Å². The van der Waals surface area contributed by atoms with Crippen LogP contribution in [-0.2, 0) is 9.47 Å². The number of carbonyl (C=O) groups excluding carboxylic acids is 1. The van der Waals surface area contributed by atoms with Gasteiger partial charge in [-0.05, 0) is 39.7 Å². The molecule has 1 aromatic carbocycles. The molecule has 0 aliphatic heterocycles. The highest BCUT2D eigenvalue weighted by molar-refractivity contribution is 5.68. The SMILES string of the molecule is CCOCC[C@H](NC(=O)OC(C)(C)C)c1ccccc1. The Labute approximate surface area is 121 Å². The van der Waals surface area contributed by atoms with Gasteiger partial charge in [0.15, 0.2) is 0 Å². The molecule has 0 heterocycles. The largest absolute Gasteiger partial charge is 0.444 e. The highest BCUT2D eigenvalue weighted by Crippen LogP contribution is 2.18. The van der Waals surface area contributed by atoms with E-state index < -0.39 is 11.7 Å². The molecule has 1 amide bonds. The highest BCUT2D eigenvalue weighted by atomic mass is 16.6. The van der Waals surface area contributed by atoms with E-state index in [1.165, 1.54) is 0 Å². The third-order valence-electron chi connectivity index (χ3n) is 2.65. The minimum absolute atomic E-state index is 0.0994. The van der Waals surface area contributed by atoms with Crippen molar-refractivity contribution in [2.45, 2.75) is 45.8 Å². The van der Waals surface area contributed by atoms with E-state index in [1.807, 2.05) is 58.0 Å². The summed E-state index contributed by atoms with van der Waals surface area (Å²) in [6.45, 7) is 8.79. The van der Waals surface area contributed by atoms with Crippen LogP contribution in [0.4, 0.5) is 4.79 Å². The van der Waals surface area contributed by atoms with Crippen LogP contribution >= 0.6 is 0 Å². The van der Waals surface area contributed by atoms with Gasteiger partial charge in [-0.3, -0.25) is 0 Å². The van der Waals surface area contributed by atoms with Crippen molar-refractivity contribution in [3.63, 3.8) is 0 Å². The van der Waals surface area contributed by atoms with Crippen molar-refractivity contribution in [1.82, 2.24) is 5.32 Å². The summed E-state index contributed by atoms with van der Waals surface area (Å²) in [5, 5.41) is 2.91. The third kappa shape index (κ3) is 6.57. The zero-order valence-electron chi connectivity index (χ0n) is 12.8. The van der Waals surface area contributed by atoms with Crippen molar-refractivity contribution in [2.75, 3.05) is 13.2 Å². The average Bonchev–Trinajstić information content (AvgIpc) is 2.37. The van der Waals surface area contributed by atoms with Gasteiger partial charge in [0.2, 0.25) is 0 Å². The molecule has 4 nitrogen and oxygen atoms in total. The monoisotopic (exact) mass is 279 g/mol. The Kier molecular flexibility index (Phi) is 6.52. The first-order valence-electron chi connectivity index (χ1n) is 7.04. The summed E-state index contributed by atoms with van der Waals surface area (Å²) in [5.74, 6) is 0. The van der Waals surface area contributed by atoms with Crippen LogP contribution in [0, 0.1) is 0 Å². The van der Waals surface area contributed by atoms with Crippen LogP contribution in [0.1, 0.15) is 45.7 Å². The molecule has 0 unspecified atom stereocenters. The number of benzene rings is 1. The Hall–Kier alpha value is -1.55. The Morgan fingerprint density at radius 2 is 1.90 bits per heavy atom. The number of nitrogens with one attached hydrogen (secondary N) is 1. The van der Waals surface area contributed by atoms with Crippen LogP contribution in [0.25, 0.3) is 0 Å². The Morgan fingerprint density at radius 3 is 2.45 bits per heavy atom. The van der Waals surface area contributed by atoms with Gasteiger partial charge in [-0.2, -0.15) is 0 Å². The summed E-state index contributed by atoms with van der Waals surface area (Å²) in [4.78, 5) is 11.9. The molecule has 0 spiro atoms. The fourth-order valence-corrected chi connectivity index (χ4v) is 1.80. The van der Waals surface area contributed by atoms with Gasteiger partial charge >= 0.3 is 6.09 Å². The molecule has 112 valence electrons. The van der Waals surface area contributed by atoms with E-state index in [0.717, 1.165) is 12.0 Å². The average molecular weight is 279 g/mol. The Bertz CT molecular complexity index is 398. The summed E-state index contributed by atoms with van der Waals surface area (Å²) in [7, 11) is 0. The van der Waals surface area contributed by atoms with Crippen LogP contribution in [-0.4, -0.2) is 24.9 Å². The molecule has 0 aliphatic rings. The summed E-state index contributed by atoms with van der Waals surface area (Å²) < 4.78 is 10.7. The van der Waals surface area contributed by atoms with Gasteiger partial charge < -0.3 is 14.8 Å². The molecule has 0 aromatic heterocycles. The number of hydrogen-bond donors (Lipinski definition) is 1. The minimum atomic E-state index is -0.495. The number of carbonyl (C=O) groups is 1. The lowest BCUT2D eigenvalue weighted by Gasteiger charge is -2.24. The number of hydrogen-bond acceptors (Lipinski definition) is 3. The predicted molar refractivity (Wildman–Crippen MR) is 79.7 cm³/mol. The molecule has 1 N–H and O–H groups in total. The lowest BCUT2D eigenvalue weighted by Crippen LogP contribution is -2.35. The normalized spacial score (nSPS) is 12.8. The number of alkyl carbamates (subject to hydrolysis) is 1. The summed E-state index contributed by atoms with van der Waals surface area (Å²) in [5.41, 5.74) is 0.559. The molecular formula is C16H25NO3. The summed E-state index contributed by atoms with van der Waals surface area (Å²) in [6, 6.07) is 9.76. The van der Waals surface area contributed by atoms with E-state index in [9.17, 15) is 4.79 Å². The van der Waals surface area contributed by atoms with Crippen molar-refractivity contribution in [3.05, 3.63) is 35.9 Å². The van der Waals surface area contributed by atoms with Gasteiger partial charge in [0, 0.05) is 13.2 Å².